The van der Waals surface area contributed by atoms with Gasteiger partial charge in [0.25, 0.3) is 5.91 Å². The Balaban J connectivity index is 1.94. The fourth-order valence-corrected chi connectivity index (χ4v) is 3.77. The van der Waals surface area contributed by atoms with Crippen molar-refractivity contribution >= 4 is 17.5 Å². The van der Waals surface area contributed by atoms with Gasteiger partial charge in [0.1, 0.15) is 18.1 Å². The molecule has 0 aromatic heterocycles. The van der Waals surface area contributed by atoms with Crippen molar-refractivity contribution in [2.45, 2.75) is 26.3 Å². The predicted octanol–water partition coefficient (Wildman–Crippen LogP) is 3.64. The van der Waals surface area contributed by atoms with Crippen LogP contribution in [0, 0.1) is 11.7 Å². The fourth-order valence-electron chi connectivity index (χ4n) is 3.77. The van der Waals surface area contributed by atoms with Crippen molar-refractivity contribution in [3.63, 3.8) is 0 Å². The normalized spacial score (nSPS) is 15.5. The summed E-state index contributed by atoms with van der Waals surface area (Å²) < 4.78 is 25.1. The minimum atomic E-state index is -0.613. The average molecular weight is 456 g/mol. The Labute approximate surface area is 193 Å². The Bertz CT molecular complexity index is 1020. The van der Waals surface area contributed by atoms with Crippen LogP contribution in [-0.2, 0) is 14.3 Å². The summed E-state index contributed by atoms with van der Waals surface area (Å²) in [6.07, 6.45) is 0.343. The van der Waals surface area contributed by atoms with E-state index in [1.165, 1.54) is 16.0 Å². The van der Waals surface area contributed by atoms with Crippen molar-refractivity contribution in [1.29, 1.82) is 0 Å². The van der Waals surface area contributed by atoms with Crippen molar-refractivity contribution in [3.8, 4) is 5.75 Å². The van der Waals surface area contributed by atoms with E-state index < -0.39 is 11.9 Å². The van der Waals surface area contributed by atoms with Crippen molar-refractivity contribution in [2.75, 3.05) is 33.9 Å². The number of carbonyl (C=O) groups excluding carboxylic acids is 2. The van der Waals surface area contributed by atoms with E-state index in [2.05, 4.69) is 5.10 Å². The molecule has 2 aromatic carbocycles. The second-order valence-electron chi connectivity index (χ2n) is 8.17. The zero-order chi connectivity index (χ0) is 24.0. The van der Waals surface area contributed by atoms with E-state index in [1.807, 2.05) is 24.3 Å². The van der Waals surface area contributed by atoms with E-state index >= 15 is 0 Å². The molecule has 1 aliphatic rings. The van der Waals surface area contributed by atoms with E-state index in [-0.39, 0.29) is 30.8 Å². The Hall–Kier alpha value is -3.26. The number of halogens is 1. The number of ether oxygens (including phenoxy) is 2. The second-order valence-corrected chi connectivity index (χ2v) is 8.17. The number of rotatable bonds is 9. The third-order valence-corrected chi connectivity index (χ3v) is 5.53. The molecule has 0 spiro atoms. The Morgan fingerprint density at radius 1 is 1.18 bits per heavy atom. The van der Waals surface area contributed by atoms with Crippen molar-refractivity contribution < 1.29 is 23.5 Å². The number of carbonyl (C=O) groups is 2. The maximum Gasteiger partial charge on any atom is 0.262 e. The predicted molar refractivity (Wildman–Crippen MR) is 123 cm³/mol. The first kappa shape index (κ1) is 24.4. The van der Waals surface area contributed by atoms with Crippen LogP contribution in [-0.4, -0.2) is 61.4 Å². The van der Waals surface area contributed by atoms with Gasteiger partial charge >= 0.3 is 0 Å². The van der Waals surface area contributed by atoms with Gasteiger partial charge in [0.05, 0.1) is 25.5 Å². The molecule has 7 nitrogen and oxygen atoms in total. The maximum atomic E-state index is 14.7. The molecule has 33 heavy (non-hydrogen) atoms. The lowest BCUT2D eigenvalue weighted by molar-refractivity contribution is -0.143. The van der Waals surface area contributed by atoms with E-state index in [4.69, 9.17) is 9.47 Å². The third-order valence-electron chi connectivity index (χ3n) is 5.53. The molecule has 0 fully saturated rings. The molecule has 1 heterocycles. The van der Waals surface area contributed by atoms with Gasteiger partial charge in [-0.05, 0) is 18.2 Å². The van der Waals surface area contributed by atoms with Crippen LogP contribution in [0.1, 0.15) is 37.4 Å². The van der Waals surface area contributed by atoms with Crippen LogP contribution in [0.5, 0.6) is 5.75 Å². The monoisotopic (exact) mass is 455 g/mol. The minimum Gasteiger partial charge on any atom is -0.497 e. The number of hydrogen-bond donors (Lipinski definition) is 0. The number of amides is 2. The molecule has 1 aliphatic heterocycles. The van der Waals surface area contributed by atoms with Crippen LogP contribution >= 0.6 is 0 Å². The number of nitrogens with zero attached hydrogens (tertiary/aromatic N) is 3. The summed E-state index contributed by atoms with van der Waals surface area (Å²) in [6.45, 7) is 3.98. The molecule has 0 saturated carbocycles. The van der Waals surface area contributed by atoms with Crippen LogP contribution in [0.4, 0.5) is 4.39 Å². The summed E-state index contributed by atoms with van der Waals surface area (Å²) >= 11 is 0. The molecule has 2 amide bonds. The lowest BCUT2D eigenvalue weighted by atomic mass is 9.98. The van der Waals surface area contributed by atoms with Crippen LogP contribution in [0.2, 0.25) is 0 Å². The van der Waals surface area contributed by atoms with Crippen molar-refractivity contribution in [1.82, 2.24) is 9.91 Å². The van der Waals surface area contributed by atoms with Crippen LogP contribution in [0.3, 0.4) is 0 Å². The molecule has 1 atom stereocenters. The summed E-state index contributed by atoms with van der Waals surface area (Å²) in [5.41, 5.74) is 1.82. The second kappa shape index (κ2) is 11.0. The molecular formula is C25H30FN3O4. The van der Waals surface area contributed by atoms with E-state index in [0.717, 1.165) is 5.56 Å². The minimum absolute atomic E-state index is 0.154. The van der Waals surface area contributed by atoms with E-state index in [9.17, 15) is 14.0 Å². The zero-order valence-electron chi connectivity index (χ0n) is 19.5. The highest BCUT2D eigenvalue weighted by Gasteiger charge is 2.36. The van der Waals surface area contributed by atoms with Crippen molar-refractivity contribution in [2.24, 2.45) is 11.0 Å². The van der Waals surface area contributed by atoms with Crippen LogP contribution in [0.15, 0.2) is 53.6 Å². The molecule has 0 saturated heterocycles. The summed E-state index contributed by atoms with van der Waals surface area (Å²) in [5, 5.41) is 5.89. The smallest absolute Gasteiger partial charge is 0.262 e. The summed E-state index contributed by atoms with van der Waals surface area (Å²) in [7, 11) is 3.12. The molecule has 8 heteroatoms. The Morgan fingerprint density at radius 2 is 1.94 bits per heavy atom. The summed E-state index contributed by atoms with van der Waals surface area (Å²) in [6, 6.07) is 13.1. The molecule has 3 rings (SSSR count). The Morgan fingerprint density at radius 3 is 2.61 bits per heavy atom. The molecule has 0 aliphatic carbocycles. The van der Waals surface area contributed by atoms with Crippen LogP contribution in [0.25, 0.3) is 0 Å². The third kappa shape index (κ3) is 5.76. The average Bonchev–Trinajstić information content (AvgIpc) is 3.27. The highest BCUT2D eigenvalue weighted by atomic mass is 19.1. The lowest BCUT2D eigenvalue weighted by Crippen LogP contribution is -2.44. The van der Waals surface area contributed by atoms with Gasteiger partial charge in [-0.3, -0.25) is 9.59 Å². The zero-order valence-corrected chi connectivity index (χ0v) is 19.5. The fraction of sp³-hybridized carbons (Fsp3) is 0.400. The Kier molecular flexibility index (Phi) is 8.16. The van der Waals surface area contributed by atoms with Gasteiger partial charge < -0.3 is 14.4 Å². The molecule has 0 N–H and O–H groups in total. The first-order valence-corrected chi connectivity index (χ1v) is 10.9. The van der Waals surface area contributed by atoms with E-state index in [1.54, 1.807) is 46.3 Å². The van der Waals surface area contributed by atoms with E-state index in [0.29, 0.717) is 30.1 Å². The van der Waals surface area contributed by atoms with Gasteiger partial charge in [-0.1, -0.05) is 44.2 Å². The van der Waals surface area contributed by atoms with Gasteiger partial charge in [-0.25, -0.2) is 9.40 Å². The van der Waals surface area contributed by atoms with Crippen molar-refractivity contribution in [3.05, 3.63) is 65.5 Å². The largest absolute Gasteiger partial charge is 0.497 e. The first-order valence-electron chi connectivity index (χ1n) is 10.9. The number of benzene rings is 2. The highest BCUT2D eigenvalue weighted by Crippen LogP contribution is 2.34. The maximum absolute atomic E-state index is 14.7. The molecule has 176 valence electrons. The standard InChI is InChI=1S/C25H30FN3O4/c1-17(2)25(31)28(12-13-32-3)16-24(30)29-23(20-10-5-6-11-21(20)26)15-22(27-29)18-8-7-9-19(14-18)33-4/h5-11,14,17,23H,12-13,15-16H2,1-4H3/t23-/m1/s1. The number of hydrazone groups is 1. The van der Waals surface area contributed by atoms with Gasteiger partial charge in [-0.2, -0.15) is 5.10 Å². The molecular weight excluding hydrogens is 425 g/mol. The van der Waals surface area contributed by atoms with Gasteiger partial charge in [0, 0.05) is 37.1 Å². The van der Waals surface area contributed by atoms with Gasteiger partial charge in [0.15, 0.2) is 0 Å². The topological polar surface area (TPSA) is 71.4 Å². The molecule has 0 bridgehead atoms. The number of methoxy groups -OCH3 is 2. The highest BCUT2D eigenvalue weighted by molar-refractivity contribution is 6.03. The summed E-state index contributed by atoms with van der Waals surface area (Å²) in [4.78, 5) is 27.5. The molecule has 0 radical (unpaired) electrons. The van der Waals surface area contributed by atoms with Crippen LogP contribution < -0.4 is 4.74 Å². The molecule has 0 unspecified atom stereocenters. The molecule has 2 aromatic rings. The van der Waals surface area contributed by atoms with Gasteiger partial charge in [-0.15, -0.1) is 0 Å². The first-order chi connectivity index (χ1) is 15.8. The SMILES string of the molecule is COCCN(CC(=O)N1N=C(c2cccc(OC)c2)C[C@@H]1c1ccccc1F)C(=O)C(C)C. The summed E-state index contributed by atoms with van der Waals surface area (Å²) in [5.74, 6) is -0.552. The van der Waals surface area contributed by atoms with Gasteiger partial charge in [0.2, 0.25) is 5.91 Å². The quantitative estimate of drug-likeness (QED) is 0.579. The number of hydrogen-bond acceptors (Lipinski definition) is 5. The lowest BCUT2D eigenvalue weighted by Gasteiger charge is -2.28.